The second kappa shape index (κ2) is 7.94. The van der Waals surface area contributed by atoms with E-state index >= 15 is 0 Å². The van der Waals surface area contributed by atoms with Crippen molar-refractivity contribution in [1.82, 2.24) is 0 Å². The zero-order valence-corrected chi connectivity index (χ0v) is 13.7. The van der Waals surface area contributed by atoms with Gasteiger partial charge in [-0.05, 0) is 43.1 Å². The number of ether oxygens (including phenoxy) is 2. The second-order valence-corrected chi connectivity index (χ2v) is 6.51. The van der Waals surface area contributed by atoms with Crippen molar-refractivity contribution in [2.45, 2.75) is 44.8 Å². The normalized spacial score (nSPS) is 18.4. The van der Waals surface area contributed by atoms with Gasteiger partial charge in [0.1, 0.15) is 5.75 Å². The fraction of sp³-hybridized carbons (Fsp3) is 0.647. The molecule has 1 aliphatic heterocycles. The molecule has 1 aromatic rings. The third-order valence-corrected chi connectivity index (χ3v) is 5.09. The number of benzene rings is 1. The first-order valence-electron chi connectivity index (χ1n) is 7.69. The molecule has 1 heterocycles. The number of rotatable bonds is 6. The van der Waals surface area contributed by atoms with Crippen molar-refractivity contribution in [1.29, 1.82) is 0 Å². The Morgan fingerprint density at radius 2 is 2.15 bits per heavy atom. The molecule has 0 spiro atoms. The van der Waals surface area contributed by atoms with Crippen LogP contribution in [0.15, 0.2) is 12.1 Å². The standard InChI is InChI=1S/C17H26O2S/c1-4-7-14-10-9-13-8-6-11-20-15(12-19-5-2)16(13)17(14)18-3/h9-10,15H,4-8,11-12H2,1-3H3. The summed E-state index contributed by atoms with van der Waals surface area (Å²) in [6, 6.07) is 4.57. The molecule has 0 fully saturated rings. The minimum Gasteiger partial charge on any atom is -0.496 e. The predicted octanol–water partition coefficient (Wildman–Crippen LogP) is 4.40. The van der Waals surface area contributed by atoms with E-state index in [-0.39, 0.29) is 0 Å². The van der Waals surface area contributed by atoms with Crippen molar-refractivity contribution >= 4 is 11.8 Å². The van der Waals surface area contributed by atoms with Gasteiger partial charge >= 0.3 is 0 Å². The summed E-state index contributed by atoms with van der Waals surface area (Å²) in [6.07, 6.45) is 4.64. The van der Waals surface area contributed by atoms with Crippen molar-refractivity contribution in [3.05, 3.63) is 28.8 Å². The van der Waals surface area contributed by atoms with E-state index in [0.29, 0.717) is 5.25 Å². The van der Waals surface area contributed by atoms with E-state index in [2.05, 4.69) is 26.0 Å². The molecule has 0 radical (unpaired) electrons. The summed E-state index contributed by atoms with van der Waals surface area (Å²) in [5.74, 6) is 2.32. The third kappa shape index (κ3) is 3.50. The van der Waals surface area contributed by atoms with E-state index < -0.39 is 0 Å². The minimum atomic E-state index is 0.416. The average Bonchev–Trinajstić information content (AvgIpc) is 2.67. The predicted molar refractivity (Wildman–Crippen MR) is 87.0 cm³/mol. The minimum absolute atomic E-state index is 0.416. The summed E-state index contributed by atoms with van der Waals surface area (Å²) in [6.45, 7) is 5.86. The van der Waals surface area contributed by atoms with Gasteiger partial charge in [-0.3, -0.25) is 0 Å². The molecule has 0 aromatic heterocycles. The molecular formula is C17H26O2S. The van der Waals surface area contributed by atoms with Crippen LogP contribution in [0.3, 0.4) is 0 Å². The smallest absolute Gasteiger partial charge is 0.126 e. The highest BCUT2D eigenvalue weighted by Crippen LogP contribution is 2.43. The van der Waals surface area contributed by atoms with Crippen molar-refractivity contribution in [2.24, 2.45) is 0 Å². The maximum Gasteiger partial charge on any atom is 0.126 e. The van der Waals surface area contributed by atoms with Crippen LogP contribution in [0.25, 0.3) is 0 Å². The Kier molecular flexibility index (Phi) is 6.24. The fourth-order valence-corrected chi connectivity index (χ4v) is 4.10. The number of fused-ring (bicyclic) bond motifs is 1. The SMILES string of the molecule is CCCc1ccc2c(c1OC)C(COCC)SCCC2. The molecule has 0 amide bonds. The number of thioether (sulfide) groups is 1. The maximum atomic E-state index is 5.79. The number of aryl methyl sites for hydroxylation is 2. The monoisotopic (exact) mass is 294 g/mol. The molecule has 3 heteroatoms. The van der Waals surface area contributed by atoms with Crippen molar-refractivity contribution in [3.8, 4) is 5.75 Å². The topological polar surface area (TPSA) is 18.5 Å². The quantitative estimate of drug-likeness (QED) is 0.774. The van der Waals surface area contributed by atoms with E-state index in [1.165, 1.54) is 28.9 Å². The van der Waals surface area contributed by atoms with E-state index in [4.69, 9.17) is 9.47 Å². The first kappa shape index (κ1) is 15.7. The zero-order chi connectivity index (χ0) is 14.4. The van der Waals surface area contributed by atoms with Crippen LogP contribution in [0, 0.1) is 0 Å². The molecule has 0 saturated heterocycles. The van der Waals surface area contributed by atoms with Crippen molar-refractivity contribution in [2.75, 3.05) is 26.1 Å². The molecule has 112 valence electrons. The lowest BCUT2D eigenvalue weighted by atomic mass is 9.95. The van der Waals surface area contributed by atoms with Gasteiger partial charge in [0, 0.05) is 12.2 Å². The first-order chi connectivity index (χ1) is 9.81. The lowest BCUT2D eigenvalue weighted by Crippen LogP contribution is -2.09. The molecule has 20 heavy (non-hydrogen) atoms. The van der Waals surface area contributed by atoms with Crippen LogP contribution in [0.5, 0.6) is 5.75 Å². The molecule has 0 bridgehead atoms. The maximum absolute atomic E-state index is 5.79. The highest BCUT2D eigenvalue weighted by molar-refractivity contribution is 7.99. The number of hydrogen-bond acceptors (Lipinski definition) is 3. The largest absolute Gasteiger partial charge is 0.496 e. The Morgan fingerprint density at radius 1 is 1.30 bits per heavy atom. The lowest BCUT2D eigenvalue weighted by molar-refractivity contribution is 0.148. The number of hydrogen-bond donors (Lipinski definition) is 0. The molecule has 0 N–H and O–H groups in total. The van der Waals surface area contributed by atoms with Crippen LogP contribution >= 0.6 is 11.8 Å². The van der Waals surface area contributed by atoms with E-state index in [1.807, 2.05) is 18.9 Å². The summed E-state index contributed by atoms with van der Waals surface area (Å²) in [4.78, 5) is 0. The number of methoxy groups -OCH3 is 1. The zero-order valence-electron chi connectivity index (χ0n) is 12.9. The average molecular weight is 294 g/mol. The van der Waals surface area contributed by atoms with Crippen LogP contribution in [0.4, 0.5) is 0 Å². The summed E-state index contributed by atoms with van der Waals surface area (Å²) >= 11 is 2.02. The lowest BCUT2D eigenvalue weighted by Gasteiger charge is -2.22. The van der Waals surface area contributed by atoms with Crippen molar-refractivity contribution in [3.63, 3.8) is 0 Å². The van der Waals surface area contributed by atoms with Crippen LogP contribution in [-0.4, -0.2) is 26.1 Å². The van der Waals surface area contributed by atoms with Gasteiger partial charge in [0.2, 0.25) is 0 Å². The molecule has 1 aliphatic rings. The van der Waals surface area contributed by atoms with Gasteiger partial charge in [-0.15, -0.1) is 0 Å². The van der Waals surface area contributed by atoms with E-state index in [9.17, 15) is 0 Å². The molecule has 0 aliphatic carbocycles. The fourth-order valence-electron chi connectivity index (χ4n) is 2.89. The van der Waals surface area contributed by atoms with Gasteiger partial charge in [0.05, 0.1) is 19.0 Å². The van der Waals surface area contributed by atoms with Crippen molar-refractivity contribution < 1.29 is 9.47 Å². The van der Waals surface area contributed by atoms with Gasteiger partial charge in [-0.25, -0.2) is 0 Å². The molecule has 0 saturated carbocycles. The summed E-state index contributed by atoms with van der Waals surface area (Å²) in [5.41, 5.74) is 4.20. The summed E-state index contributed by atoms with van der Waals surface area (Å²) in [5, 5.41) is 0.416. The summed E-state index contributed by atoms with van der Waals surface area (Å²) in [7, 11) is 1.81. The van der Waals surface area contributed by atoms with Crippen LogP contribution in [0.2, 0.25) is 0 Å². The molecule has 2 nitrogen and oxygen atoms in total. The van der Waals surface area contributed by atoms with Crippen LogP contribution in [0.1, 0.15) is 48.6 Å². The van der Waals surface area contributed by atoms with Gasteiger partial charge in [0.15, 0.2) is 0 Å². The second-order valence-electron chi connectivity index (χ2n) is 5.20. The van der Waals surface area contributed by atoms with E-state index in [1.54, 1.807) is 0 Å². The highest BCUT2D eigenvalue weighted by Gasteiger charge is 2.25. The highest BCUT2D eigenvalue weighted by atomic mass is 32.2. The Hall–Kier alpha value is -0.670. The van der Waals surface area contributed by atoms with Crippen LogP contribution in [-0.2, 0) is 17.6 Å². The Labute approximate surface area is 127 Å². The molecular weight excluding hydrogens is 268 g/mol. The van der Waals surface area contributed by atoms with Gasteiger partial charge in [0.25, 0.3) is 0 Å². The van der Waals surface area contributed by atoms with E-state index in [0.717, 1.165) is 38.2 Å². The Morgan fingerprint density at radius 3 is 2.85 bits per heavy atom. The molecule has 2 rings (SSSR count). The first-order valence-corrected chi connectivity index (χ1v) is 8.74. The molecule has 1 atom stereocenters. The van der Waals surface area contributed by atoms with Crippen LogP contribution < -0.4 is 4.74 Å². The molecule has 1 unspecified atom stereocenters. The Bertz CT molecular complexity index is 431. The summed E-state index contributed by atoms with van der Waals surface area (Å²) < 4.78 is 11.5. The molecule has 1 aromatic carbocycles. The van der Waals surface area contributed by atoms with Gasteiger partial charge in [-0.1, -0.05) is 25.5 Å². The Balaban J connectivity index is 2.41. The van der Waals surface area contributed by atoms with Gasteiger partial charge < -0.3 is 9.47 Å². The van der Waals surface area contributed by atoms with Gasteiger partial charge in [-0.2, -0.15) is 11.8 Å². The third-order valence-electron chi connectivity index (χ3n) is 3.80.